The third-order valence-electron chi connectivity index (χ3n) is 3.44. The maximum absolute atomic E-state index is 12.8. The Labute approximate surface area is 141 Å². The van der Waals surface area contributed by atoms with Gasteiger partial charge < -0.3 is 0 Å². The molecule has 10 heteroatoms. The van der Waals surface area contributed by atoms with Gasteiger partial charge in [-0.25, -0.2) is 8.42 Å². The molecule has 24 heavy (non-hydrogen) atoms. The van der Waals surface area contributed by atoms with Gasteiger partial charge in [-0.05, 0) is 37.1 Å². The van der Waals surface area contributed by atoms with E-state index in [2.05, 4.69) is 13.5 Å². The summed E-state index contributed by atoms with van der Waals surface area (Å²) in [6.07, 6.45) is 0. The fourth-order valence-electron chi connectivity index (χ4n) is 2.34. The molecule has 0 amide bonds. The minimum atomic E-state index is -4.06. The highest BCUT2D eigenvalue weighted by molar-refractivity contribution is 7.93. The fraction of sp³-hybridized carbons (Fsp3) is 0.143. The standard InChI is InChI=1S/C14H12N4O4S2/c1-8-3-5-10(12(7-8)18(19)20)17-24(21,22)14-9(2)4-6-11-13(14)16-23-15-11/h3-7,17H,1-2H3. The summed E-state index contributed by atoms with van der Waals surface area (Å²) in [5.41, 5.74) is 1.46. The van der Waals surface area contributed by atoms with E-state index in [-0.39, 0.29) is 21.8 Å². The predicted molar refractivity (Wildman–Crippen MR) is 90.8 cm³/mol. The molecule has 0 unspecified atom stereocenters. The van der Waals surface area contributed by atoms with Crippen LogP contribution < -0.4 is 4.72 Å². The first kappa shape index (κ1) is 16.3. The van der Waals surface area contributed by atoms with Gasteiger partial charge in [-0.3, -0.25) is 14.8 Å². The first-order valence-corrected chi connectivity index (χ1v) is 9.00. The number of nitrogens with zero attached hydrogens (tertiary/aromatic N) is 3. The van der Waals surface area contributed by atoms with Crippen LogP contribution in [0.15, 0.2) is 35.2 Å². The highest BCUT2D eigenvalue weighted by Crippen LogP contribution is 2.31. The van der Waals surface area contributed by atoms with Crippen LogP contribution in [0.25, 0.3) is 11.0 Å². The lowest BCUT2D eigenvalue weighted by Crippen LogP contribution is -2.16. The summed E-state index contributed by atoms with van der Waals surface area (Å²) in [7, 11) is -4.06. The maximum atomic E-state index is 12.8. The second kappa shape index (κ2) is 5.80. The van der Waals surface area contributed by atoms with E-state index < -0.39 is 14.9 Å². The second-order valence-electron chi connectivity index (χ2n) is 5.23. The van der Waals surface area contributed by atoms with Crippen LogP contribution in [0.1, 0.15) is 11.1 Å². The number of hydrogen-bond donors (Lipinski definition) is 1. The lowest BCUT2D eigenvalue weighted by molar-refractivity contribution is -0.383. The summed E-state index contributed by atoms with van der Waals surface area (Å²) in [6, 6.07) is 7.60. The molecule has 1 N–H and O–H groups in total. The van der Waals surface area contributed by atoms with E-state index in [1.807, 2.05) is 0 Å². The maximum Gasteiger partial charge on any atom is 0.293 e. The van der Waals surface area contributed by atoms with E-state index in [4.69, 9.17) is 0 Å². The van der Waals surface area contributed by atoms with Crippen LogP contribution in [0.2, 0.25) is 0 Å². The van der Waals surface area contributed by atoms with Crippen molar-refractivity contribution in [3.63, 3.8) is 0 Å². The van der Waals surface area contributed by atoms with Crippen molar-refractivity contribution in [1.82, 2.24) is 8.75 Å². The Balaban J connectivity index is 2.14. The molecule has 3 rings (SSSR count). The Hall–Kier alpha value is -2.59. The Morgan fingerprint density at radius 2 is 1.92 bits per heavy atom. The first-order chi connectivity index (χ1) is 11.3. The quantitative estimate of drug-likeness (QED) is 0.562. The minimum Gasteiger partial charge on any atom is -0.273 e. The molecule has 0 fully saturated rings. The summed E-state index contributed by atoms with van der Waals surface area (Å²) in [5.74, 6) is 0. The first-order valence-electron chi connectivity index (χ1n) is 6.79. The predicted octanol–water partition coefficient (Wildman–Crippen LogP) is 3.02. The van der Waals surface area contributed by atoms with Gasteiger partial charge in [0, 0.05) is 6.07 Å². The van der Waals surface area contributed by atoms with Gasteiger partial charge in [0.1, 0.15) is 21.6 Å². The van der Waals surface area contributed by atoms with Crippen LogP contribution in [0, 0.1) is 24.0 Å². The van der Waals surface area contributed by atoms with Crippen LogP contribution >= 0.6 is 11.7 Å². The molecule has 0 radical (unpaired) electrons. The molecule has 0 aliphatic heterocycles. The number of hydrogen-bond acceptors (Lipinski definition) is 7. The monoisotopic (exact) mass is 364 g/mol. The molecular formula is C14H12N4O4S2. The number of fused-ring (bicyclic) bond motifs is 1. The topological polar surface area (TPSA) is 115 Å². The number of nitrogens with one attached hydrogen (secondary N) is 1. The number of nitro benzene ring substituents is 1. The summed E-state index contributed by atoms with van der Waals surface area (Å²) >= 11 is 0.908. The van der Waals surface area contributed by atoms with Crippen molar-refractivity contribution < 1.29 is 13.3 Å². The molecule has 0 bridgehead atoms. The van der Waals surface area contributed by atoms with Crippen molar-refractivity contribution in [3.05, 3.63) is 51.6 Å². The van der Waals surface area contributed by atoms with Crippen LogP contribution in [0.4, 0.5) is 11.4 Å². The number of nitro groups is 1. The lowest BCUT2D eigenvalue weighted by Gasteiger charge is -2.11. The number of aryl methyl sites for hydroxylation is 2. The number of sulfonamides is 1. The van der Waals surface area contributed by atoms with Crippen molar-refractivity contribution in [1.29, 1.82) is 0 Å². The number of benzene rings is 2. The molecule has 124 valence electrons. The van der Waals surface area contributed by atoms with E-state index in [0.717, 1.165) is 11.7 Å². The Kier molecular flexibility index (Phi) is 3.93. The van der Waals surface area contributed by atoms with Gasteiger partial charge in [-0.1, -0.05) is 12.1 Å². The smallest absolute Gasteiger partial charge is 0.273 e. The highest BCUT2D eigenvalue weighted by Gasteiger charge is 2.25. The van der Waals surface area contributed by atoms with E-state index in [9.17, 15) is 18.5 Å². The van der Waals surface area contributed by atoms with Crippen molar-refractivity contribution in [3.8, 4) is 0 Å². The SMILES string of the molecule is Cc1ccc(NS(=O)(=O)c2c(C)ccc3nsnc23)c([N+](=O)[O-])c1. The van der Waals surface area contributed by atoms with Crippen molar-refractivity contribution in [2.45, 2.75) is 18.7 Å². The Morgan fingerprint density at radius 3 is 2.62 bits per heavy atom. The molecule has 0 aliphatic carbocycles. The van der Waals surface area contributed by atoms with E-state index in [1.165, 1.54) is 12.1 Å². The zero-order valence-corrected chi connectivity index (χ0v) is 14.3. The van der Waals surface area contributed by atoms with Gasteiger partial charge in [-0.15, -0.1) is 0 Å². The molecule has 3 aromatic rings. The van der Waals surface area contributed by atoms with E-state index in [0.29, 0.717) is 16.6 Å². The highest BCUT2D eigenvalue weighted by atomic mass is 32.2. The Morgan fingerprint density at radius 1 is 1.17 bits per heavy atom. The van der Waals surface area contributed by atoms with Crippen LogP contribution in [-0.2, 0) is 10.0 Å². The lowest BCUT2D eigenvalue weighted by atomic mass is 10.2. The third kappa shape index (κ3) is 2.81. The van der Waals surface area contributed by atoms with Crippen LogP contribution in [0.5, 0.6) is 0 Å². The van der Waals surface area contributed by atoms with Crippen LogP contribution in [-0.4, -0.2) is 22.1 Å². The van der Waals surface area contributed by atoms with E-state index in [1.54, 1.807) is 32.0 Å². The minimum absolute atomic E-state index is 0.0244. The molecule has 0 aliphatic rings. The number of aromatic nitrogens is 2. The molecule has 2 aromatic carbocycles. The average Bonchev–Trinajstić information content (AvgIpc) is 2.96. The largest absolute Gasteiger partial charge is 0.293 e. The van der Waals surface area contributed by atoms with Gasteiger partial charge in [0.25, 0.3) is 15.7 Å². The molecular weight excluding hydrogens is 352 g/mol. The number of anilines is 1. The summed E-state index contributed by atoms with van der Waals surface area (Å²) < 4.78 is 36.0. The molecule has 1 aromatic heterocycles. The second-order valence-corrected chi connectivity index (χ2v) is 7.37. The van der Waals surface area contributed by atoms with E-state index >= 15 is 0 Å². The summed E-state index contributed by atoms with van der Waals surface area (Å²) in [6.45, 7) is 3.33. The summed E-state index contributed by atoms with van der Waals surface area (Å²) in [5, 5.41) is 11.2. The van der Waals surface area contributed by atoms with Gasteiger partial charge in [0.2, 0.25) is 0 Å². The fourth-order valence-corrected chi connectivity index (χ4v) is 4.40. The van der Waals surface area contributed by atoms with Gasteiger partial charge >= 0.3 is 0 Å². The van der Waals surface area contributed by atoms with Crippen LogP contribution in [0.3, 0.4) is 0 Å². The van der Waals surface area contributed by atoms with Gasteiger partial charge in [0.15, 0.2) is 0 Å². The Bertz CT molecular complexity index is 1060. The molecule has 0 saturated heterocycles. The third-order valence-corrected chi connectivity index (χ3v) is 5.53. The van der Waals surface area contributed by atoms with Crippen molar-refractivity contribution in [2.75, 3.05) is 4.72 Å². The van der Waals surface area contributed by atoms with Gasteiger partial charge in [-0.2, -0.15) is 8.75 Å². The number of rotatable bonds is 4. The summed E-state index contributed by atoms with van der Waals surface area (Å²) in [4.78, 5) is 10.5. The van der Waals surface area contributed by atoms with Gasteiger partial charge in [0.05, 0.1) is 16.7 Å². The molecule has 0 saturated carbocycles. The molecule has 8 nitrogen and oxygen atoms in total. The zero-order valence-electron chi connectivity index (χ0n) is 12.7. The van der Waals surface area contributed by atoms with Crippen molar-refractivity contribution >= 4 is 44.2 Å². The molecule has 1 heterocycles. The molecule has 0 spiro atoms. The normalized spacial score (nSPS) is 11.6. The molecule has 0 atom stereocenters. The van der Waals surface area contributed by atoms with Crippen molar-refractivity contribution in [2.24, 2.45) is 0 Å². The average molecular weight is 364 g/mol. The zero-order chi connectivity index (χ0) is 17.5.